The zero-order chi connectivity index (χ0) is 12.3. The first-order valence-electron chi connectivity index (χ1n) is 5.63. The van der Waals surface area contributed by atoms with Crippen LogP contribution in [0.15, 0.2) is 47.9 Å². The van der Waals surface area contributed by atoms with E-state index in [1.165, 1.54) is 0 Å². The molecule has 3 heteroatoms. The van der Waals surface area contributed by atoms with Crippen molar-refractivity contribution in [1.82, 2.24) is 4.57 Å². The number of rotatable bonds is 4. The van der Waals surface area contributed by atoms with Gasteiger partial charge in [-0.15, -0.1) is 0 Å². The van der Waals surface area contributed by atoms with Gasteiger partial charge in [-0.1, -0.05) is 18.7 Å². The van der Waals surface area contributed by atoms with Crippen LogP contribution in [0.3, 0.4) is 0 Å². The molecule has 0 unspecified atom stereocenters. The van der Waals surface area contributed by atoms with Gasteiger partial charge in [0.25, 0.3) is 5.56 Å². The highest BCUT2D eigenvalue weighted by Crippen LogP contribution is 2.22. The van der Waals surface area contributed by atoms with Gasteiger partial charge in [-0.2, -0.15) is 0 Å². The molecule has 3 nitrogen and oxygen atoms in total. The molecule has 0 fully saturated rings. The first-order chi connectivity index (χ1) is 8.27. The molecule has 2 aromatic rings. The number of aryl methyl sites for hydroxylation is 1. The van der Waals surface area contributed by atoms with Crippen LogP contribution in [0.1, 0.15) is 6.92 Å². The molecule has 0 aliphatic carbocycles. The van der Waals surface area contributed by atoms with Crippen molar-refractivity contribution >= 4 is 10.8 Å². The van der Waals surface area contributed by atoms with Gasteiger partial charge in [0.05, 0.1) is 5.39 Å². The molecule has 0 spiro atoms. The van der Waals surface area contributed by atoms with Crippen molar-refractivity contribution in [3.05, 3.63) is 53.5 Å². The van der Waals surface area contributed by atoms with Gasteiger partial charge < -0.3 is 9.30 Å². The first kappa shape index (κ1) is 11.5. The fourth-order valence-corrected chi connectivity index (χ4v) is 1.81. The topological polar surface area (TPSA) is 31.2 Å². The molecule has 1 heterocycles. The van der Waals surface area contributed by atoms with E-state index < -0.39 is 0 Å². The van der Waals surface area contributed by atoms with Gasteiger partial charge in [0.2, 0.25) is 0 Å². The lowest BCUT2D eigenvalue weighted by Gasteiger charge is -2.09. The number of pyridine rings is 1. The van der Waals surface area contributed by atoms with Crippen molar-refractivity contribution < 1.29 is 4.74 Å². The van der Waals surface area contributed by atoms with Crippen molar-refractivity contribution in [2.45, 2.75) is 13.5 Å². The molecule has 0 aliphatic rings. The molecule has 0 radical (unpaired) electrons. The van der Waals surface area contributed by atoms with Crippen LogP contribution in [0, 0.1) is 0 Å². The maximum Gasteiger partial charge on any atom is 0.258 e. The molecule has 88 valence electrons. The van der Waals surface area contributed by atoms with Crippen molar-refractivity contribution in [3.8, 4) is 5.75 Å². The van der Waals surface area contributed by atoms with E-state index in [1.54, 1.807) is 16.8 Å². The Morgan fingerprint density at radius 2 is 2.18 bits per heavy atom. The van der Waals surface area contributed by atoms with Gasteiger partial charge in [0.1, 0.15) is 12.4 Å². The molecular weight excluding hydrogens is 214 g/mol. The van der Waals surface area contributed by atoms with E-state index in [1.807, 2.05) is 31.2 Å². The van der Waals surface area contributed by atoms with E-state index in [-0.39, 0.29) is 5.56 Å². The van der Waals surface area contributed by atoms with Crippen LogP contribution in [0.2, 0.25) is 0 Å². The van der Waals surface area contributed by atoms with E-state index in [2.05, 4.69) is 6.58 Å². The van der Waals surface area contributed by atoms with Crippen molar-refractivity contribution in [3.63, 3.8) is 0 Å². The zero-order valence-corrected chi connectivity index (χ0v) is 9.85. The maximum absolute atomic E-state index is 12.1. The number of hydrogen-bond acceptors (Lipinski definition) is 2. The number of benzene rings is 1. The zero-order valence-electron chi connectivity index (χ0n) is 9.85. The fraction of sp³-hybridized carbons (Fsp3) is 0.214. The Morgan fingerprint density at radius 3 is 2.88 bits per heavy atom. The minimum absolute atomic E-state index is 0.0223. The molecule has 1 aromatic heterocycles. The molecule has 0 aliphatic heterocycles. The lowest BCUT2D eigenvalue weighted by Crippen LogP contribution is -2.18. The second-order valence-corrected chi connectivity index (χ2v) is 3.72. The molecule has 17 heavy (non-hydrogen) atoms. The summed E-state index contributed by atoms with van der Waals surface area (Å²) in [4.78, 5) is 12.1. The van der Waals surface area contributed by atoms with Crippen LogP contribution < -0.4 is 10.3 Å². The Morgan fingerprint density at radius 1 is 1.35 bits per heavy atom. The molecule has 1 aromatic carbocycles. The van der Waals surface area contributed by atoms with E-state index in [4.69, 9.17) is 4.74 Å². The molecule has 0 amide bonds. The van der Waals surface area contributed by atoms with Crippen LogP contribution in [0.5, 0.6) is 5.75 Å². The lowest BCUT2D eigenvalue weighted by molar-refractivity contribution is 0.367. The highest BCUT2D eigenvalue weighted by molar-refractivity contribution is 5.87. The van der Waals surface area contributed by atoms with Crippen molar-refractivity contribution in [1.29, 1.82) is 0 Å². The van der Waals surface area contributed by atoms with Crippen molar-refractivity contribution in [2.24, 2.45) is 0 Å². The van der Waals surface area contributed by atoms with Gasteiger partial charge in [-0.25, -0.2) is 0 Å². The van der Waals surface area contributed by atoms with Crippen LogP contribution in [-0.2, 0) is 6.54 Å². The molecule has 0 N–H and O–H groups in total. The van der Waals surface area contributed by atoms with Gasteiger partial charge >= 0.3 is 0 Å². The quantitative estimate of drug-likeness (QED) is 0.754. The Balaban J connectivity index is 2.62. The number of aromatic nitrogens is 1. The van der Waals surface area contributed by atoms with E-state index in [0.717, 1.165) is 11.1 Å². The summed E-state index contributed by atoms with van der Waals surface area (Å²) in [7, 11) is 0. The van der Waals surface area contributed by atoms with E-state index in [0.29, 0.717) is 18.5 Å². The first-order valence-corrected chi connectivity index (χ1v) is 5.63. The minimum Gasteiger partial charge on any atom is -0.489 e. The van der Waals surface area contributed by atoms with E-state index in [9.17, 15) is 4.79 Å². The number of ether oxygens (including phenoxy) is 1. The summed E-state index contributed by atoms with van der Waals surface area (Å²) in [6.45, 7) is 6.67. The molecule has 0 saturated carbocycles. The van der Waals surface area contributed by atoms with E-state index >= 15 is 0 Å². The number of nitrogens with zero attached hydrogens (tertiary/aromatic N) is 1. The largest absolute Gasteiger partial charge is 0.489 e. The summed E-state index contributed by atoms with van der Waals surface area (Å²) in [5, 5.41) is 1.54. The molecule has 2 rings (SSSR count). The summed E-state index contributed by atoms with van der Waals surface area (Å²) in [6, 6.07) is 7.44. The summed E-state index contributed by atoms with van der Waals surface area (Å²) in [5.41, 5.74) is 0.0223. The Kier molecular flexibility index (Phi) is 3.28. The summed E-state index contributed by atoms with van der Waals surface area (Å²) < 4.78 is 7.21. The maximum atomic E-state index is 12.1. The summed E-state index contributed by atoms with van der Waals surface area (Å²) >= 11 is 0. The predicted molar refractivity (Wildman–Crippen MR) is 69.6 cm³/mol. The number of fused-ring (bicyclic) bond motifs is 1. The third-order valence-corrected chi connectivity index (χ3v) is 2.68. The monoisotopic (exact) mass is 229 g/mol. The highest BCUT2D eigenvalue weighted by atomic mass is 16.5. The van der Waals surface area contributed by atoms with Gasteiger partial charge in [0.15, 0.2) is 0 Å². The lowest BCUT2D eigenvalue weighted by atomic mass is 10.1. The van der Waals surface area contributed by atoms with Crippen LogP contribution in [0.4, 0.5) is 0 Å². The normalized spacial score (nSPS) is 10.4. The third-order valence-electron chi connectivity index (χ3n) is 2.68. The fourth-order valence-electron chi connectivity index (χ4n) is 1.81. The smallest absolute Gasteiger partial charge is 0.258 e. The summed E-state index contributed by atoms with van der Waals surface area (Å²) in [5.74, 6) is 0.725. The summed E-state index contributed by atoms with van der Waals surface area (Å²) in [6.07, 6.45) is 3.48. The average molecular weight is 229 g/mol. The van der Waals surface area contributed by atoms with Gasteiger partial charge in [0, 0.05) is 18.1 Å². The molecular formula is C14H15NO2. The molecule has 0 atom stereocenters. The standard InChI is InChI=1S/C14H15NO2/c1-3-10-17-13-7-5-6-12-11(13)8-9-15(4-2)14(12)16/h3,5-9H,1,4,10H2,2H3. The second kappa shape index (κ2) is 4.87. The minimum atomic E-state index is 0.0223. The Labute approximate surface area is 100.0 Å². The van der Waals surface area contributed by atoms with Crippen LogP contribution in [0.25, 0.3) is 10.8 Å². The average Bonchev–Trinajstić information content (AvgIpc) is 2.37. The third kappa shape index (κ3) is 2.09. The van der Waals surface area contributed by atoms with Gasteiger partial charge in [-0.05, 0) is 25.1 Å². The second-order valence-electron chi connectivity index (χ2n) is 3.72. The Bertz CT molecular complexity index is 599. The number of hydrogen-bond donors (Lipinski definition) is 0. The SMILES string of the molecule is C=CCOc1cccc2c(=O)n(CC)ccc12. The van der Waals surface area contributed by atoms with Gasteiger partial charge in [-0.3, -0.25) is 4.79 Å². The predicted octanol–water partition coefficient (Wildman–Crippen LogP) is 2.59. The van der Waals surface area contributed by atoms with Crippen molar-refractivity contribution in [2.75, 3.05) is 6.61 Å². The molecule has 0 bridgehead atoms. The molecule has 0 saturated heterocycles. The van der Waals surface area contributed by atoms with Crippen LogP contribution >= 0.6 is 0 Å². The Hall–Kier alpha value is -2.03. The highest BCUT2D eigenvalue weighted by Gasteiger charge is 2.05. The van der Waals surface area contributed by atoms with Crippen LogP contribution in [-0.4, -0.2) is 11.2 Å².